The maximum absolute atomic E-state index is 12.5. The molecule has 0 aliphatic heterocycles. The lowest BCUT2D eigenvalue weighted by Crippen LogP contribution is -2.19. The highest BCUT2D eigenvalue weighted by atomic mass is 35.5. The van der Waals surface area contributed by atoms with Gasteiger partial charge in [-0.2, -0.15) is 9.61 Å². The summed E-state index contributed by atoms with van der Waals surface area (Å²) in [6.45, 7) is 0. The normalized spacial score (nSPS) is 10.8. The van der Waals surface area contributed by atoms with Gasteiger partial charge < -0.3 is 10.6 Å². The largest absolute Gasteiger partial charge is 0.323 e. The Morgan fingerprint density at radius 2 is 1.76 bits per heavy atom. The van der Waals surface area contributed by atoms with E-state index >= 15 is 0 Å². The lowest BCUT2D eigenvalue weighted by atomic mass is 10.1. The van der Waals surface area contributed by atoms with Crippen molar-refractivity contribution in [2.45, 2.75) is 0 Å². The quantitative estimate of drug-likeness (QED) is 0.342. The first-order valence-corrected chi connectivity index (χ1v) is 10.6. The Morgan fingerprint density at radius 3 is 2.58 bits per heavy atom. The molecule has 10 heteroatoms. The number of carbonyl (C=O) groups excluding carboxylic acids is 1. The van der Waals surface area contributed by atoms with Gasteiger partial charge in [0.05, 0.1) is 16.4 Å². The van der Waals surface area contributed by atoms with Gasteiger partial charge in [0.1, 0.15) is 0 Å². The average Bonchev–Trinajstić information content (AvgIpc) is 3.25. The van der Waals surface area contributed by atoms with E-state index in [2.05, 4.69) is 25.8 Å². The molecule has 0 unspecified atom stereocenters. The molecule has 5 rings (SSSR count). The molecule has 5 aromatic rings. The molecule has 0 radical (unpaired) electrons. The van der Waals surface area contributed by atoms with Crippen molar-refractivity contribution in [2.24, 2.45) is 0 Å². The predicted molar refractivity (Wildman–Crippen MR) is 129 cm³/mol. The summed E-state index contributed by atoms with van der Waals surface area (Å²) in [7, 11) is 0. The molecule has 0 aliphatic rings. The van der Waals surface area contributed by atoms with E-state index in [9.17, 15) is 4.79 Å². The third-order valence-corrected chi connectivity index (χ3v) is 5.33. The van der Waals surface area contributed by atoms with E-state index in [-0.39, 0.29) is 0 Å². The van der Waals surface area contributed by atoms with Gasteiger partial charge in [0.2, 0.25) is 0 Å². The van der Waals surface area contributed by atoms with Crippen LogP contribution >= 0.6 is 23.2 Å². The Bertz CT molecular complexity index is 1470. The van der Waals surface area contributed by atoms with Crippen LogP contribution in [-0.4, -0.2) is 30.8 Å². The lowest BCUT2D eigenvalue weighted by molar-refractivity contribution is 0.262. The number of amides is 2. The number of benzene rings is 2. The van der Waals surface area contributed by atoms with Crippen LogP contribution in [0.5, 0.6) is 0 Å². The van der Waals surface area contributed by atoms with Gasteiger partial charge in [0.15, 0.2) is 11.5 Å². The molecule has 162 valence electrons. The lowest BCUT2D eigenvalue weighted by Gasteiger charge is -2.10. The van der Waals surface area contributed by atoms with Gasteiger partial charge in [-0.25, -0.2) is 4.79 Å². The topological polar surface area (TPSA) is 97.1 Å². The first-order valence-electron chi connectivity index (χ1n) is 9.83. The molecule has 0 saturated carbocycles. The Morgan fingerprint density at radius 1 is 0.879 bits per heavy atom. The van der Waals surface area contributed by atoms with Crippen LogP contribution in [0.25, 0.3) is 28.3 Å². The maximum Gasteiger partial charge on any atom is 0.323 e. The Labute approximate surface area is 198 Å². The number of halogens is 2. The summed E-state index contributed by atoms with van der Waals surface area (Å²) in [4.78, 5) is 16.6. The van der Waals surface area contributed by atoms with E-state index in [0.29, 0.717) is 38.6 Å². The second kappa shape index (κ2) is 8.85. The summed E-state index contributed by atoms with van der Waals surface area (Å²) >= 11 is 12.0. The number of hydrogen-bond donors (Lipinski definition) is 2. The number of carbonyl (C=O) groups is 1. The second-order valence-corrected chi connectivity index (χ2v) is 7.88. The Hall–Kier alpha value is -4.01. The maximum atomic E-state index is 12.5. The minimum absolute atomic E-state index is 0.349. The fourth-order valence-electron chi connectivity index (χ4n) is 3.25. The van der Waals surface area contributed by atoms with Crippen molar-refractivity contribution in [1.29, 1.82) is 0 Å². The molecule has 8 nitrogen and oxygen atoms in total. The monoisotopic (exact) mass is 475 g/mol. The number of nitrogens with zero attached hydrogens (tertiary/aromatic N) is 5. The third-order valence-electron chi connectivity index (χ3n) is 4.78. The Balaban J connectivity index is 1.40. The number of pyridine rings is 1. The molecule has 33 heavy (non-hydrogen) atoms. The first-order chi connectivity index (χ1) is 16.1. The second-order valence-electron chi connectivity index (χ2n) is 7.04. The highest BCUT2D eigenvalue weighted by Crippen LogP contribution is 2.26. The van der Waals surface area contributed by atoms with Crippen molar-refractivity contribution < 1.29 is 4.79 Å². The molecule has 0 fully saturated rings. The number of hydrogen-bond acceptors (Lipinski definition) is 5. The zero-order valence-electron chi connectivity index (χ0n) is 16.9. The summed E-state index contributed by atoms with van der Waals surface area (Å²) in [5.74, 6) is 0.591. The average molecular weight is 476 g/mol. The zero-order valence-corrected chi connectivity index (χ0v) is 18.4. The SMILES string of the molecule is O=C(Nc1cccc(-c2ccc3nnc(-c4cccnc4)n3n2)c1)Nc1ccc(Cl)cc1Cl. The van der Waals surface area contributed by atoms with E-state index in [1.165, 1.54) is 0 Å². The van der Waals surface area contributed by atoms with E-state index in [1.807, 2.05) is 42.5 Å². The first kappa shape index (κ1) is 20.9. The molecule has 0 aliphatic carbocycles. The van der Waals surface area contributed by atoms with Gasteiger partial charge >= 0.3 is 6.03 Å². The predicted octanol–water partition coefficient (Wildman–Crippen LogP) is 5.80. The fourth-order valence-corrected chi connectivity index (χ4v) is 3.71. The van der Waals surface area contributed by atoms with Crippen molar-refractivity contribution >= 4 is 46.3 Å². The molecular weight excluding hydrogens is 461 g/mol. The van der Waals surface area contributed by atoms with Crippen LogP contribution in [0.15, 0.2) is 79.1 Å². The third kappa shape index (κ3) is 4.48. The minimum Gasteiger partial charge on any atom is -0.308 e. The number of rotatable bonds is 4. The van der Waals surface area contributed by atoms with E-state index in [0.717, 1.165) is 11.1 Å². The van der Waals surface area contributed by atoms with Gasteiger partial charge in [-0.1, -0.05) is 35.3 Å². The molecule has 3 heterocycles. The molecule has 0 bridgehead atoms. The van der Waals surface area contributed by atoms with Gasteiger partial charge in [-0.3, -0.25) is 4.98 Å². The number of nitrogens with one attached hydrogen (secondary N) is 2. The Kier molecular flexibility index (Phi) is 5.60. The van der Waals surface area contributed by atoms with Crippen molar-refractivity contribution in [3.63, 3.8) is 0 Å². The summed E-state index contributed by atoms with van der Waals surface area (Å²) in [5, 5.41) is 19.5. The summed E-state index contributed by atoms with van der Waals surface area (Å²) in [5.41, 5.74) is 3.97. The van der Waals surface area contributed by atoms with Crippen LogP contribution in [0.4, 0.5) is 16.2 Å². The molecule has 2 N–H and O–H groups in total. The molecule has 3 aromatic heterocycles. The standard InChI is InChI=1S/C23H15Cl2N7O/c24-16-6-7-20(18(25)12-16)28-23(33)27-17-5-1-3-14(11-17)19-8-9-21-29-30-22(32(21)31-19)15-4-2-10-26-13-15/h1-13H,(H2,27,28,33). The summed E-state index contributed by atoms with van der Waals surface area (Å²) < 4.78 is 1.67. The van der Waals surface area contributed by atoms with Crippen LogP contribution in [-0.2, 0) is 0 Å². The van der Waals surface area contributed by atoms with Crippen LogP contribution in [0, 0.1) is 0 Å². The van der Waals surface area contributed by atoms with Crippen molar-refractivity contribution in [3.05, 3.63) is 89.2 Å². The molecule has 2 amide bonds. The highest BCUT2D eigenvalue weighted by molar-refractivity contribution is 6.36. The van der Waals surface area contributed by atoms with Crippen molar-refractivity contribution in [3.8, 4) is 22.6 Å². The summed E-state index contributed by atoms with van der Waals surface area (Å²) in [6, 6.07) is 19.2. The molecule has 0 saturated heterocycles. The molecule has 2 aromatic carbocycles. The molecular formula is C23H15Cl2N7O. The number of fused-ring (bicyclic) bond motifs is 1. The van der Waals surface area contributed by atoms with Crippen LogP contribution in [0.3, 0.4) is 0 Å². The van der Waals surface area contributed by atoms with Crippen molar-refractivity contribution in [1.82, 2.24) is 24.8 Å². The minimum atomic E-state index is -0.433. The number of anilines is 2. The van der Waals surface area contributed by atoms with E-state index in [1.54, 1.807) is 41.2 Å². The van der Waals surface area contributed by atoms with Crippen LogP contribution < -0.4 is 10.6 Å². The van der Waals surface area contributed by atoms with E-state index < -0.39 is 6.03 Å². The van der Waals surface area contributed by atoms with Gasteiger partial charge in [0.25, 0.3) is 0 Å². The van der Waals surface area contributed by atoms with Gasteiger partial charge in [-0.05, 0) is 54.6 Å². The van der Waals surface area contributed by atoms with Crippen LogP contribution in [0.2, 0.25) is 10.0 Å². The molecule has 0 atom stereocenters. The number of aromatic nitrogens is 5. The molecule has 0 spiro atoms. The van der Waals surface area contributed by atoms with Crippen LogP contribution in [0.1, 0.15) is 0 Å². The summed E-state index contributed by atoms with van der Waals surface area (Å²) in [6.07, 6.45) is 3.40. The number of urea groups is 1. The van der Waals surface area contributed by atoms with Gasteiger partial charge in [0, 0.05) is 34.2 Å². The van der Waals surface area contributed by atoms with E-state index in [4.69, 9.17) is 28.3 Å². The van der Waals surface area contributed by atoms with Crippen molar-refractivity contribution in [2.75, 3.05) is 10.6 Å². The smallest absolute Gasteiger partial charge is 0.308 e. The van der Waals surface area contributed by atoms with Gasteiger partial charge in [-0.15, -0.1) is 10.2 Å². The highest BCUT2D eigenvalue weighted by Gasteiger charge is 2.12. The fraction of sp³-hybridized carbons (Fsp3) is 0. The zero-order chi connectivity index (χ0) is 22.8.